The number of hydrogen-bond donors (Lipinski definition) is 1. The van der Waals surface area contributed by atoms with Crippen LogP contribution in [0.5, 0.6) is 0 Å². The predicted molar refractivity (Wildman–Crippen MR) is 143 cm³/mol. The summed E-state index contributed by atoms with van der Waals surface area (Å²) < 4.78 is 0. The highest BCUT2D eigenvalue weighted by atomic mass is 32.1. The molecule has 1 aliphatic heterocycles. The molecule has 5 rings (SSSR count). The first-order chi connectivity index (χ1) is 16.5. The van der Waals surface area contributed by atoms with Gasteiger partial charge in [-0.3, -0.25) is 9.69 Å². The van der Waals surface area contributed by atoms with Crippen molar-refractivity contribution in [3.8, 4) is 0 Å². The zero-order valence-electron chi connectivity index (χ0n) is 20.2. The van der Waals surface area contributed by atoms with E-state index in [1.807, 2.05) is 12.1 Å². The monoisotopic (exact) mass is 472 g/mol. The summed E-state index contributed by atoms with van der Waals surface area (Å²) in [6.07, 6.45) is 0.960. The normalized spacial score (nSPS) is 14.7. The van der Waals surface area contributed by atoms with Gasteiger partial charge in [0.25, 0.3) is 5.91 Å². The van der Waals surface area contributed by atoms with Crippen LogP contribution in [0.3, 0.4) is 0 Å². The second-order valence-electron chi connectivity index (χ2n) is 9.42. The number of thiophene rings is 1. The van der Waals surface area contributed by atoms with Gasteiger partial charge in [-0.15, -0.1) is 11.3 Å². The zero-order chi connectivity index (χ0) is 23.7. The van der Waals surface area contributed by atoms with Gasteiger partial charge in [0.15, 0.2) is 0 Å². The Morgan fingerprint density at radius 3 is 2.53 bits per heavy atom. The Balaban J connectivity index is 1.10. The van der Waals surface area contributed by atoms with Crippen LogP contribution in [0.15, 0.2) is 48.5 Å². The molecule has 0 radical (unpaired) electrons. The SMILES string of the molecule is Cc1ccc(C)c(N2CCN(CCCNC(=O)c3cc4cc5cc(C)ccc5nc4s3)CC2)c1. The lowest BCUT2D eigenvalue weighted by Gasteiger charge is -2.37. The lowest BCUT2D eigenvalue weighted by atomic mass is 10.1. The molecule has 3 heterocycles. The summed E-state index contributed by atoms with van der Waals surface area (Å²) in [7, 11) is 0. The van der Waals surface area contributed by atoms with Crippen molar-refractivity contribution in [2.24, 2.45) is 0 Å². The molecular formula is C28H32N4OS. The summed E-state index contributed by atoms with van der Waals surface area (Å²) in [6, 6.07) is 17.1. The fourth-order valence-electron chi connectivity index (χ4n) is 4.73. The molecule has 0 atom stereocenters. The molecule has 2 aromatic carbocycles. The summed E-state index contributed by atoms with van der Waals surface area (Å²) in [4.78, 5) is 24.1. The molecule has 0 unspecified atom stereocenters. The molecule has 1 amide bonds. The molecule has 6 heteroatoms. The van der Waals surface area contributed by atoms with Crippen LogP contribution >= 0.6 is 11.3 Å². The third-order valence-corrected chi connectivity index (χ3v) is 7.74. The van der Waals surface area contributed by atoms with E-state index in [4.69, 9.17) is 4.98 Å². The van der Waals surface area contributed by atoms with Crippen molar-refractivity contribution in [3.05, 3.63) is 70.1 Å². The van der Waals surface area contributed by atoms with E-state index < -0.39 is 0 Å². The van der Waals surface area contributed by atoms with E-state index in [9.17, 15) is 4.79 Å². The van der Waals surface area contributed by atoms with Crippen molar-refractivity contribution in [3.63, 3.8) is 0 Å². The molecule has 0 saturated carbocycles. The highest BCUT2D eigenvalue weighted by Crippen LogP contribution is 2.28. The zero-order valence-corrected chi connectivity index (χ0v) is 21.0. The number of anilines is 1. The summed E-state index contributed by atoms with van der Waals surface area (Å²) in [5.41, 5.74) is 6.23. The number of rotatable bonds is 6. The van der Waals surface area contributed by atoms with Gasteiger partial charge in [0, 0.05) is 49.2 Å². The number of piperazine rings is 1. The molecule has 0 spiro atoms. The van der Waals surface area contributed by atoms with Crippen LogP contribution in [0.1, 0.15) is 32.8 Å². The minimum atomic E-state index is 0.00276. The van der Waals surface area contributed by atoms with E-state index in [0.717, 1.165) is 65.1 Å². The maximum atomic E-state index is 12.7. The molecule has 1 saturated heterocycles. The molecule has 1 N–H and O–H groups in total. The van der Waals surface area contributed by atoms with Gasteiger partial charge in [0.05, 0.1) is 10.4 Å². The Morgan fingerprint density at radius 1 is 0.941 bits per heavy atom. The molecule has 5 nitrogen and oxygen atoms in total. The van der Waals surface area contributed by atoms with Gasteiger partial charge in [-0.2, -0.15) is 0 Å². The van der Waals surface area contributed by atoms with Gasteiger partial charge in [0.2, 0.25) is 0 Å². The van der Waals surface area contributed by atoms with E-state index in [1.165, 1.54) is 33.7 Å². The molecule has 4 aromatic rings. The number of nitrogens with one attached hydrogen (secondary N) is 1. The van der Waals surface area contributed by atoms with Crippen LogP contribution in [0.2, 0.25) is 0 Å². The number of aryl methyl sites for hydroxylation is 3. The van der Waals surface area contributed by atoms with Crippen LogP contribution in [0.4, 0.5) is 5.69 Å². The maximum Gasteiger partial charge on any atom is 0.261 e. The average Bonchev–Trinajstić information content (AvgIpc) is 3.25. The van der Waals surface area contributed by atoms with E-state index in [2.05, 4.69) is 72.3 Å². The minimum Gasteiger partial charge on any atom is -0.369 e. The average molecular weight is 473 g/mol. The number of hydrogen-bond acceptors (Lipinski definition) is 5. The maximum absolute atomic E-state index is 12.7. The minimum absolute atomic E-state index is 0.00276. The second-order valence-corrected chi connectivity index (χ2v) is 10.4. The lowest BCUT2D eigenvalue weighted by Crippen LogP contribution is -2.47. The van der Waals surface area contributed by atoms with Crippen molar-refractivity contribution in [1.82, 2.24) is 15.2 Å². The molecule has 2 aromatic heterocycles. The first-order valence-corrected chi connectivity index (χ1v) is 12.9. The Kier molecular flexibility index (Phi) is 6.53. The third kappa shape index (κ3) is 4.93. The predicted octanol–water partition coefficient (Wildman–Crippen LogP) is 5.32. The van der Waals surface area contributed by atoms with Crippen molar-refractivity contribution >= 4 is 44.1 Å². The van der Waals surface area contributed by atoms with Gasteiger partial charge in [-0.25, -0.2) is 4.98 Å². The Hall–Kier alpha value is -2.96. The van der Waals surface area contributed by atoms with E-state index in [1.54, 1.807) is 0 Å². The van der Waals surface area contributed by atoms with E-state index in [-0.39, 0.29) is 5.91 Å². The van der Waals surface area contributed by atoms with E-state index >= 15 is 0 Å². The van der Waals surface area contributed by atoms with Crippen LogP contribution in [-0.2, 0) is 0 Å². The highest BCUT2D eigenvalue weighted by Gasteiger charge is 2.18. The van der Waals surface area contributed by atoms with Crippen molar-refractivity contribution in [2.75, 3.05) is 44.2 Å². The second kappa shape index (κ2) is 9.72. The van der Waals surface area contributed by atoms with Crippen molar-refractivity contribution in [2.45, 2.75) is 27.2 Å². The van der Waals surface area contributed by atoms with Crippen LogP contribution < -0.4 is 10.2 Å². The fraction of sp³-hybridized carbons (Fsp3) is 0.357. The van der Waals surface area contributed by atoms with Gasteiger partial charge >= 0.3 is 0 Å². The molecule has 176 valence electrons. The van der Waals surface area contributed by atoms with E-state index in [0.29, 0.717) is 6.54 Å². The number of fused-ring (bicyclic) bond motifs is 2. The summed E-state index contributed by atoms with van der Waals surface area (Å²) in [5.74, 6) is 0.00276. The lowest BCUT2D eigenvalue weighted by molar-refractivity contribution is 0.0955. The fourth-order valence-corrected chi connectivity index (χ4v) is 5.67. The molecular weight excluding hydrogens is 440 g/mol. The molecule has 1 fully saturated rings. The number of nitrogens with zero attached hydrogens (tertiary/aromatic N) is 3. The first-order valence-electron chi connectivity index (χ1n) is 12.1. The summed E-state index contributed by atoms with van der Waals surface area (Å²) >= 11 is 1.47. The molecule has 1 aliphatic rings. The van der Waals surface area contributed by atoms with Gasteiger partial charge in [-0.1, -0.05) is 23.8 Å². The van der Waals surface area contributed by atoms with Crippen LogP contribution in [-0.4, -0.2) is 55.1 Å². The summed E-state index contributed by atoms with van der Waals surface area (Å²) in [5, 5.41) is 5.26. The third-order valence-electron chi connectivity index (χ3n) is 6.69. The Labute approximate surface area is 205 Å². The Bertz CT molecular complexity index is 1340. The largest absolute Gasteiger partial charge is 0.369 e. The smallest absolute Gasteiger partial charge is 0.261 e. The van der Waals surface area contributed by atoms with Crippen molar-refractivity contribution in [1.29, 1.82) is 0 Å². The number of amides is 1. The molecule has 0 bridgehead atoms. The van der Waals surface area contributed by atoms with Gasteiger partial charge in [0.1, 0.15) is 4.83 Å². The standard InChI is InChI=1S/C28H32N4OS/c1-19-6-8-24-22(15-19)17-23-18-26(34-28(23)30-24)27(33)29-9-4-10-31-11-13-32(14-12-31)25-16-20(2)5-7-21(25)3/h5-8,15-18H,4,9-14H2,1-3H3,(H,29,33). The first kappa shape index (κ1) is 22.8. The van der Waals surface area contributed by atoms with Gasteiger partial charge < -0.3 is 10.2 Å². The number of carbonyl (C=O) groups is 1. The van der Waals surface area contributed by atoms with Crippen LogP contribution in [0.25, 0.3) is 21.1 Å². The van der Waals surface area contributed by atoms with Crippen molar-refractivity contribution < 1.29 is 4.79 Å². The number of benzene rings is 2. The Morgan fingerprint density at radius 2 is 1.71 bits per heavy atom. The quantitative estimate of drug-likeness (QED) is 0.386. The van der Waals surface area contributed by atoms with Crippen LogP contribution in [0, 0.1) is 20.8 Å². The topological polar surface area (TPSA) is 48.5 Å². The number of carbonyl (C=O) groups excluding carboxylic acids is 1. The number of pyridine rings is 1. The number of aromatic nitrogens is 1. The summed E-state index contributed by atoms with van der Waals surface area (Å²) in [6.45, 7) is 12.4. The molecule has 0 aliphatic carbocycles. The molecule has 34 heavy (non-hydrogen) atoms. The van der Waals surface area contributed by atoms with Gasteiger partial charge in [-0.05, 0) is 75.2 Å². The highest BCUT2D eigenvalue weighted by molar-refractivity contribution is 7.20.